The highest BCUT2D eigenvalue weighted by atomic mass is 35.5. The Morgan fingerprint density at radius 3 is 2.18 bits per heavy atom. The molecule has 0 aliphatic carbocycles. The van der Waals surface area contributed by atoms with E-state index in [0.29, 0.717) is 11.4 Å². The van der Waals surface area contributed by atoms with Gasteiger partial charge in [-0.3, -0.25) is 4.79 Å². The van der Waals surface area contributed by atoms with Gasteiger partial charge in [0, 0.05) is 37.3 Å². The van der Waals surface area contributed by atoms with Crippen LogP contribution in [0.1, 0.15) is 42.7 Å². The minimum atomic E-state index is -0.742. The van der Waals surface area contributed by atoms with Crippen molar-refractivity contribution in [3.05, 3.63) is 101 Å². The largest absolute Gasteiger partial charge is 0.385 e. The molecule has 4 rings (SSSR count). The first-order chi connectivity index (χ1) is 16.4. The van der Waals surface area contributed by atoms with E-state index in [2.05, 4.69) is 17.0 Å². The molecular formula is C29H33ClN2O2. The highest BCUT2D eigenvalue weighted by Gasteiger charge is 2.34. The highest BCUT2D eigenvalue weighted by Crippen LogP contribution is 2.33. The third-order valence-corrected chi connectivity index (χ3v) is 7.32. The molecule has 1 heterocycles. The Labute approximate surface area is 207 Å². The topological polar surface area (TPSA) is 43.8 Å². The number of carbonyl (C=O) groups is 1. The molecule has 3 aromatic carbocycles. The van der Waals surface area contributed by atoms with Crippen molar-refractivity contribution < 1.29 is 9.90 Å². The second kappa shape index (κ2) is 11.2. The zero-order valence-corrected chi connectivity index (χ0v) is 20.5. The number of aliphatic hydroxyl groups is 1. The van der Waals surface area contributed by atoms with E-state index in [-0.39, 0.29) is 11.8 Å². The first-order valence-electron chi connectivity index (χ1n) is 12.0. The molecule has 4 nitrogen and oxygen atoms in total. The van der Waals surface area contributed by atoms with Crippen LogP contribution in [-0.2, 0) is 10.4 Å². The number of likely N-dealkylation sites (tertiary alicyclic amines) is 1. The van der Waals surface area contributed by atoms with Gasteiger partial charge in [0.2, 0.25) is 5.91 Å². The van der Waals surface area contributed by atoms with Crippen LogP contribution in [0, 0.1) is 0 Å². The van der Waals surface area contributed by atoms with Crippen LogP contribution in [-0.4, -0.2) is 42.6 Å². The normalized spacial score (nSPS) is 16.7. The van der Waals surface area contributed by atoms with E-state index in [4.69, 9.17) is 11.6 Å². The number of nitrogens with zero attached hydrogens (tertiary/aromatic N) is 2. The number of hydrogen-bond donors (Lipinski definition) is 1. The van der Waals surface area contributed by atoms with Crippen LogP contribution in [0.3, 0.4) is 0 Å². The molecule has 5 heteroatoms. The molecule has 178 valence electrons. The van der Waals surface area contributed by atoms with E-state index in [1.54, 1.807) is 4.90 Å². The minimum absolute atomic E-state index is 0.0910. The van der Waals surface area contributed by atoms with Gasteiger partial charge in [0.1, 0.15) is 0 Å². The van der Waals surface area contributed by atoms with Crippen LogP contribution in [0.15, 0.2) is 84.9 Å². The summed E-state index contributed by atoms with van der Waals surface area (Å²) in [5, 5.41) is 11.8. The fraction of sp³-hybridized carbons (Fsp3) is 0.345. The third-order valence-electron chi connectivity index (χ3n) is 7.07. The smallest absolute Gasteiger partial charge is 0.227 e. The van der Waals surface area contributed by atoms with Gasteiger partial charge in [-0.2, -0.15) is 0 Å². The van der Waals surface area contributed by atoms with Crippen LogP contribution < -0.4 is 4.90 Å². The zero-order chi connectivity index (χ0) is 24.0. The summed E-state index contributed by atoms with van der Waals surface area (Å²) in [6.07, 6.45) is 2.80. The maximum Gasteiger partial charge on any atom is 0.227 e. The fourth-order valence-corrected chi connectivity index (χ4v) is 4.92. The lowest BCUT2D eigenvalue weighted by Crippen LogP contribution is -2.43. The predicted octanol–water partition coefficient (Wildman–Crippen LogP) is 5.85. The van der Waals surface area contributed by atoms with E-state index in [1.807, 2.05) is 79.8 Å². The Kier molecular flexibility index (Phi) is 8.04. The van der Waals surface area contributed by atoms with Crippen molar-refractivity contribution in [2.45, 2.75) is 37.2 Å². The molecule has 3 aromatic rings. The summed E-state index contributed by atoms with van der Waals surface area (Å²) in [6, 6.07) is 27.7. The number of hydrogen-bond acceptors (Lipinski definition) is 3. The van der Waals surface area contributed by atoms with E-state index in [1.165, 1.54) is 5.56 Å². The number of piperidine rings is 1. The first-order valence-corrected chi connectivity index (χ1v) is 12.4. The predicted molar refractivity (Wildman–Crippen MR) is 139 cm³/mol. The molecular weight excluding hydrogens is 444 g/mol. The van der Waals surface area contributed by atoms with Gasteiger partial charge in [-0.15, -0.1) is 0 Å². The number of rotatable bonds is 8. The van der Waals surface area contributed by atoms with Crippen molar-refractivity contribution >= 4 is 23.2 Å². The summed E-state index contributed by atoms with van der Waals surface area (Å²) in [7, 11) is 1.82. The van der Waals surface area contributed by atoms with E-state index >= 15 is 0 Å². The van der Waals surface area contributed by atoms with Gasteiger partial charge in [-0.1, -0.05) is 72.3 Å². The molecule has 1 fully saturated rings. The summed E-state index contributed by atoms with van der Waals surface area (Å²) < 4.78 is 0. The van der Waals surface area contributed by atoms with Gasteiger partial charge < -0.3 is 14.9 Å². The number of benzene rings is 3. The van der Waals surface area contributed by atoms with Crippen LogP contribution in [0.4, 0.5) is 5.69 Å². The summed E-state index contributed by atoms with van der Waals surface area (Å²) in [4.78, 5) is 17.3. The van der Waals surface area contributed by atoms with Crippen molar-refractivity contribution in [3.8, 4) is 0 Å². The second-order valence-electron chi connectivity index (χ2n) is 9.27. The summed E-state index contributed by atoms with van der Waals surface area (Å²) in [5.41, 5.74) is 2.30. The molecule has 1 aliphatic heterocycles. The number of amides is 1. The Balaban J connectivity index is 1.37. The molecule has 1 amide bonds. The van der Waals surface area contributed by atoms with Gasteiger partial charge in [0.15, 0.2) is 0 Å². The summed E-state index contributed by atoms with van der Waals surface area (Å²) >= 11 is 6.00. The van der Waals surface area contributed by atoms with Gasteiger partial charge in [0.05, 0.1) is 5.60 Å². The Morgan fingerprint density at radius 2 is 1.56 bits per heavy atom. The molecule has 0 bridgehead atoms. The van der Waals surface area contributed by atoms with E-state index in [9.17, 15) is 9.90 Å². The molecule has 0 spiro atoms. The Bertz CT molecular complexity index is 1050. The quantitative estimate of drug-likeness (QED) is 0.443. The van der Waals surface area contributed by atoms with Gasteiger partial charge in [0.25, 0.3) is 0 Å². The van der Waals surface area contributed by atoms with Gasteiger partial charge in [-0.05, 0) is 67.1 Å². The molecule has 1 unspecified atom stereocenters. The van der Waals surface area contributed by atoms with Crippen molar-refractivity contribution in [2.75, 3.05) is 31.6 Å². The standard InChI is InChI=1S/C29H33ClN2O2/c1-31(27-14-12-26(30)13-15-27)28(33)22-24(23-8-4-2-5-9-23)16-19-32-20-17-29(34,18-21-32)25-10-6-3-7-11-25/h2-15,24,34H,16-22H2,1H3. The monoisotopic (exact) mass is 476 g/mol. The van der Waals surface area contributed by atoms with Crippen LogP contribution in [0.2, 0.25) is 5.02 Å². The summed E-state index contributed by atoms with van der Waals surface area (Å²) in [5.74, 6) is 0.228. The van der Waals surface area contributed by atoms with Crippen molar-refractivity contribution in [1.82, 2.24) is 4.90 Å². The van der Waals surface area contributed by atoms with E-state index in [0.717, 1.165) is 50.1 Å². The molecule has 0 saturated carbocycles. The molecule has 0 aromatic heterocycles. The van der Waals surface area contributed by atoms with Crippen LogP contribution in [0.25, 0.3) is 0 Å². The summed E-state index contributed by atoms with van der Waals surface area (Å²) in [6.45, 7) is 2.61. The Hall–Kier alpha value is -2.66. The number of anilines is 1. The SMILES string of the molecule is CN(C(=O)CC(CCN1CCC(O)(c2ccccc2)CC1)c1ccccc1)c1ccc(Cl)cc1. The molecule has 0 radical (unpaired) electrons. The number of halogens is 1. The van der Waals surface area contributed by atoms with Gasteiger partial charge in [-0.25, -0.2) is 0 Å². The maximum absolute atomic E-state index is 13.2. The maximum atomic E-state index is 13.2. The first kappa shape index (κ1) is 24.5. The molecule has 34 heavy (non-hydrogen) atoms. The highest BCUT2D eigenvalue weighted by molar-refractivity contribution is 6.30. The third kappa shape index (κ3) is 6.06. The van der Waals surface area contributed by atoms with Gasteiger partial charge >= 0.3 is 0 Å². The minimum Gasteiger partial charge on any atom is -0.385 e. The van der Waals surface area contributed by atoms with Crippen molar-refractivity contribution in [3.63, 3.8) is 0 Å². The fourth-order valence-electron chi connectivity index (χ4n) is 4.79. The lowest BCUT2D eigenvalue weighted by molar-refractivity contribution is -0.118. The number of carbonyl (C=O) groups excluding carboxylic acids is 1. The zero-order valence-electron chi connectivity index (χ0n) is 19.7. The van der Waals surface area contributed by atoms with E-state index < -0.39 is 5.60 Å². The lowest BCUT2D eigenvalue weighted by atomic mass is 9.84. The second-order valence-corrected chi connectivity index (χ2v) is 9.71. The molecule has 1 saturated heterocycles. The lowest BCUT2D eigenvalue weighted by Gasteiger charge is -2.39. The molecule has 1 N–H and O–H groups in total. The average Bonchev–Trinajstić information content (AvgIpc) is 2.88. The molecule has 1 aliphatic rings. The average molecular weight is 477 g/mol. The van der Waals surface area contributed by atoms with Crippen molar-refractivity contribution in [2.24, 2.45) is 0 Å². The van der Waals surface area contributed by atoms with Crippen LogP contribution in [0.5, 0.6) is 0 Å². The molecule has 1 atom stereocenters. The van der Waals surface area contributed by atoms with Crippen molar-refractivity contribution in [1.29, 1.82) is 0 Å². The van der Waals surface area contributed by atoms with Crippen LogP contribution >= 0.6 is 11.6 Å². The Morgan fingerprint density at radius 1 is 0.971 bits per heavy atom.